The lowest BCUT2D eigenvalue weighted by molar-refractivity contribution is -0.885. The van der Waals surface area contributed by atoms with E-state index >= 15 is 0 Å². The Morgan fingerprint density at radius 3 is 2.46 bits per heavy atom. The van der Waals surface area contributed by atoms with Gasteiger partial charge in [-0.3, -0.25) is 10.1 Å². The number of halogens is 1. The van der Waals surface area contributed by atoms with Crippen molar-refractivity contribution in [3.8, 4) is 0 Å². The Morgan fingerprint density at radius 1 is 1.08 bits per heavy atom. The van der Waals surface area contributed by atoms with Gasteiger partial charge in [0.1, 0.15) is 12.4 Å². The Balaban J connectivity index is 1.83. The fourth-order valence-electron chi connectivity index (χ4n) is 2.36. The van der Waals surface area contributed by atoms with Crippen LogP contribution in [0.2, 0.25) is 0 Å². The summed E-state index contributed by atoms with van der Waals surface area (Å²) in [6, 6.07) is 13.0. The van der Waals surface area contributed by atoms with Gasteiger partial charge in [-0.1, -0.05) is 36.4 Å². The summed E-state index contributed by atoms with van der Waals surface area (Å²) in [7, 11) is 1.88. The van der Waals surface area contributed by atoms with Crippen LogP contribution in [-0.4, -0.2) is 25.5 Å². The molecule has 5 nitrogen and oxygen atoms in total. The zero-order chi connectivity index (χ0) is 17.5. The Morgan fingerprint density at radius 2 is 1.75 bits per heavy atom. The van der Waals surface area contributed by atoms with Gasteiger partial charge in [0.25, 0.3) is 5.91 Å². The maximum Gasteiger partial charge on any atom is 0.326 e. The second kappa shape index (κ2) is 8.21. The smallest absolute Gasteiger partial charge is 0.326 e. The topological polar surface area (TPSA) is 62.6 Å². The highest BCUT2D eigenvalue weighted by Crippen LogP contribution is 2.11. The lowest BCUT2D eigenvalue weighted by atomic mass is 10.1. The minimum absolute atomic E-state index is 0.0309. The molecule has 0 saturated carbocycles. The molecule has 0 heterocycles. The van der Waals surface area contributed by atoms with Gasteiger partial charge in [-0.05, 0) is 24.6 Å². The quantitative estimate of drug-likeness (QED) is 0.778. The fourth-order valence-corrected chi connectivity index (χ4v) is 2.36. The number of para-hydroxylation sites is 1. The van der Waals surface area contributed by atoms with Crippen molar-refractivity contribution >= 4 is 17.6 Å². The average Bonchev–Trinajstić information content (AvgIpc) is 2.51. The number of aryl methyl sites for hydroxylation is 1. The number of carbonyl (C=O) groups excluding carboxylic acids is 2. The van der Waals surface area contributed by atoms with E-state index in [4.69, 9.17) is 0 Å². The second-order valence-corrected chi connectivity index (χ2v) is 5.72. The van der Waals surface area contributed by atoms with Crippen LogP contribution in [0.3, 0.4) is 0 Å². The number of hydrogen-bond donors (Lipinski definition) is 3. The molecule has 0 bridgehead atoms. The molecule has 2 aromatic rings. The summed E-state index contributed by atoms with van der Waals surface area (Å²) in [5.41, 5.74) is 2.34. The molecule has 1 atom stereocenters. The molecule has 6 heteroatoms. The molecule has 0 radical (unpaired) electrons. The highest BCUT2D eigenvalue weighted by atomic mass is 19.1. The van der Waals surface area contributed by atoms with E-state index in [9.17, 15) is 14.0 Å². The van der Waals surface area contributed by atoms with Crippen molar-refractivity contribution < 1.29 is 18.9 Å². The molecule has 0 saturated heterocycles. The van der Waals surface area contributed by atoms with Gasteiger partial charge in [0, 0.05) is 5.56 Å². The fraction of sp³-hybridized carbons (Fsp3) is 0.222. The van der Waals surface area contributed by atoms with Crippen LogP contribution in [-0.2, 0) is 11.3 Å². The first kappa shape index (κ1) is 17.6. The van der Waals surface area contributed by atoms with Gasteiger partial charge in [-0.2, -0.15) is 0 Å². The van der Waals surface area contributed by atoms with E-state index in [1.807, 2.05) is 38.2 Å². The van der Waals surface area contributed by atoms with Crippen LogP contribution in [0.25, 0.3) is 0 Å². The molecule has 0 fully saturated rings. The number of urea groups is 1. The van der Waals surface area contributed by atoms with Crippen LogP contribution in [0.15, 0.2) is 48.5 Å². The van der Waals surface area contributed by atoms with Crippen molar-refractivity contribution in [2.45, 2.75) is 13.5 Å². The second-order valence-electron chi connectivity index (χ2n) is 5.72. The van der Waals surface area contributed by atoms with E-state index in [0.29, 0.717) is 6.54 Å². The molecule has 3 amide bonds. The Kier molecular flexibility index (Phi) is 6.03. The number of anilines is 1. The van der Waals surface area contributed by atoms with Crippen molar-refractivity contribution in [3.63, 3.8) is 0 Å². The van der Waals surface area contributed by atoms with Gasteiger partial charge in [-0.15, -0.1) is 0 Å². The lowest BCUT2D eigenvalue weighted by Gasteiger charge is -2.15. The summed E-state index contributed by atoms with van der Waals surface area (Å²) in [6.07, 6.45) is 0. The first-order valence-corrected chi connectivity index (χ1v) is 7.67. The summed E-state index contributed by atoms with van der Waals surface area (Å²) in [6.45, 7) is 2.83. The molecule has 0 aliphatic carbocycles. The molecule has 0 aliphatic rings. The summed E-state index contributed by atoms with van der Waals surface area (Å²) < 4.78 is 13.4. The SMILES string of the molecule is Cc1ccccc1C[NH+](C)CC(=O)NC(=O)Nc1ccccc1F. The van der Waals surface area contributed by atoms with Gasteiger partial charge in [0.15, 0.2) is 6.54 Å². The third kappa shape index (κ3) is 5.17. The molecule has 2 aromatic carbocycles. The molecule has 0 spiro atoms. The van der Waals surface area contributed by atoms with E-state index < -0.39 is 17.8 Å². The minimum atomic E-state index is -0.742. The largest absolute Gasteiger partial charge is 0.326 e. The number of nitrogens with one attached hydrogen (secondary N) is 3. The monoisotopic (exact) mass is 330 g/mol. The zero-order valence-electron chi connectivity index (χ0n) is 13.7. The third-order valence-electron chi connectivity index (χ3n) is 3.59. The maximum absolute atomic E-state index is 13.4. The van der Waals surface area contributed by atoms with Crippen molar-refractivity contribution in [2.24, 2.45) is 0 Å². The van der Waals surface area contributed by atoms with Crippen LogP contribution in [0.5, 0.6) is 0 Å². The van der Waals surface area contributed by atoms with E-state index in [2.05, 4.69) is 10.6 Å². The van der Waals surface area contributed by atoms with Crippen LogP contribution < -0.4 is 15.5 Å². The summed E-state index contributed by atoms with van der Waals surface area (Å²) in [4.78, 5) is 24.6. The number of rotatable bonds is 5. The number of amides is 3. The van der Waals surface area contributed by atoms with Crippen LogP contribution >= 0.6 is 0 Å². The summed E-state index contributed by atoms with van der Waals surface area (Å²) >= 11 is 0. The van der Waals surface area contributed by atoms with Crippen LogP contribution in [0.4, 0.5) is 14.9 Å². The van der Waals surface area contributed by atoms with E-state index in [-0.39, 0.29) is 12.2 Å². The number of hydrogen-bond acceptors (Lipinski definition) is 2. The van der Waals surface area contributed by atoms with E-state index in [1.54, 1.807) is 6.07 Å². The lowest BCUT2D eigenvalue weighted by Crippen LogP contribution is -3.09. The summed E-state index contributed by atoms with van der Waals surface area (Å²) in [5, 5.41) is 4.53. The van der Waals surface area contributed by atoms with Crippen molar-refractivity contribution in [2.75, 3.05) is 18.9 Å². The Bertz CT molecular complexity index is 734. The number of benzene rings is 2. The van der Waals surface area contributed by atoms with Gasteiger partial charge in [0.2, 0.25) is 0 Å². The predicted octanol–water partition coefficient (Wildman–Crippen LogP) is 1.50. The molecular formula is C18H21FN3O2+. The Hall–Kier alpha value is -2.73. The van der Waals surface area contributed by atoms with Crippen LogP contribution in [0.1, 0.15) is 11.1 Å². The first-order valence-electron chi connectivity index (χ1n) is 7.67. The molecule has 0 aromatic heterocycles. The zero-order valence-corrected chi connectivity index (χ0v) is 13.7. The highest BCUT2D eigenvalue weighted by molar-refractivity contribution is 6.01. The Labute approximate surface area is 140 Å². The molecule has 3 N–H and O–H groups in total. The number of carbonyl (C=O) groups is 2. The predicted molar refractivity (Wildman–Crippen MR) is 90.2 cm³/mol. The minimum Gasteiger partial charge on any atom is -0.326 e. The number of quaternary nitrogens is 1. The molecule has 24 heavy (non-hydrogen) atoms. The van der Waals surface area contributed by atoms with Gasteiger partial charge >= 0.3 is 6.03 Å². The highest BCUT2D eigenvalue weighted by Gasteiger charge is 2.15. The molecular weight excluding hydrogens is 309 g/mol. The van der Waals surface area contributed by atoms with Crippen molar-refractivity contribution in [1.29, 1.82) is 0 Å². The first-order chi connectivity index (χ1) is 11.5. The van der Waals surface area contributed by atoms with E-state index in [0.717, 1.165) is 16.0 Å². The average molecular weight is 330 g/mol. The standard InChI is InChI=1S/C18H20FN3O2/c1-13-7-3-4-8-14(13)11-22(2)12-17(23)21-18(24)20-16-10-6-5-9-15(16)19/h3-10H,11-12H2,1-2H3,(H2,20,21,23,24)/p+1. The van der Waals surface area contributed by atoms with Crippen molar-refractivity contribution in [3.05, 3.63) is 65.5 Å². The molecule has 2 rings (SSSR count). The molecule has 1 unspecified atom stereocenters. The van der Waals surface area contributed by atoms with Crippen LogP contribution in [0, 0.1) is 12.7 Å². The van der Waals surface area contributed by atoms with Gasteiger partial charge in [-0.25, -0.2) is 9.18 Å². The molecule has 0 aliphatic heterocycles. The maximum atomic E-state index is 13.4. The van der Waals surface area contributed by atoms with Gasteiger partial charge < -0.3 is 10.2 Å². The normalized spacial score (nSPS) is 11.6. The van der Waals surface area contributed by atoms with Gasteiger partial charge in [0.05, 0.1) is 12.7 Å². The molecule has 126 valence electrons. The number of imide groups is 1. The van der Waals surface area contributed by atoms with E-state index in [1.165, 1.54) is 18.2 Å². The third-order valence-corrected chi connectivity index (χ3v) is 3.59. The van der Waals surface area contributed by atoms with Crippen molar-refractivity contribution in [1.82, 2.24) is 5.32 Å². The number of likely N-dealkylation sites (N-methyl/N-ethyl adjacent to an activating group) is 1. The summed E-state index contributed by atoms with van der Waals surface area (Å²) in [5.74, 6) is -0.975.